The number of ketones is 1. The van der Waals surface area contributed by atoms with Crippen LogP contribution in [-0.4, -0.2) is 5.78 Å². The Kier molecular flexibility index (Phi) is 18.5. The van der Waals surface area contributed by atoms with Crippen molar-refractivity contribution in [2.45, 2.75) is 110 Å². The normalized spacial score (nSPS) is 11.7. The fourth-order valence-corrected chi connectivity index (χ4v) is 2.82. The third-order valence-corrected chi connectivity index (χ3v) is 4.30. The van der Waals surface area contributed by atoms with Crippen molar-refractivity contribution >= 4 is 5.78 Å². The first-order valence-electron chi connectivity index (χ1n) is 10.1. The van der Waals surface area contributed by atoms with Gasteiger partial charge < -0.3 is 0 Å². The molecule has 0 amide bonds. The fourth-order valence-electron chi connectivity index (χ4n) is 2.82. The van der Waals surface area contributed by atoms with Gasteiger partial charge in [-0.15, -0.1) is 0 Å². The van der Waals surface area contributed by atoms with Gasteiger partial charge in [-0.05, 0) is 25.8 Å². The Hall–Kier alpha value is -0.850. The van der Waals surface area contributed by atoms with Gasteiger partial charge in [0.2, 0.25) is 0 Å². The molecular weight excluding hydrogens is 280 g/mol. The highest BCUT2D eigenvalue weighted by atomic mass is 16.1. The third-order valence-electron chi connectivity index (χ3n) is 4.30. The lowest BCUT2D eigenvalue weighted by molar-refractivity contribution is -0.112. The quantitative estimate of drug-likeness (QED) is 0.153. The van der Waals surface area contributed by atoms with Crippen LogP contribution in [0.5, 0.6) is 0 Å². The average molecular weight is 321 g/mol. The Balaban J connectivity index is 3.09. The smallest absolute Gasteiger partial charge is 0.152 e. The van der Waals surface area contributed by atoms with Crippen LogP contribution in [-0.2, 0) is 4.79 Å². The summed E-state index contributed by atoms with van der Waals surface area (Å²) >= 11 is 0. The van der Waals surface area contributed by atoms with Crippen LogP contribution in [0, 0.1) is 0 Å². The van der Waals surface area contributed by atoms with E-state index in [-0.39, 0.29) is 5.78 Å². The van der Waals surface area contributed by atoms with Gasteiger partial charge in [0.05, 0.1) is 0 Å². The van der Waals surface area contributed by atoms with Crippen molar-refractivity contribution in [1.29, 1.82) is 0 Å². The van der Waals surface area contributed by atoms with Crippen LogP contribution in [0.1, 0.15) is 110 Å². The first-order chi connectivity index (χ1) is 11.3. The molecule has 23 heavy (non-hydrogen) atoms. The number of hydrogen-bond donors (Lipinski definition) is 0. The molecule has 0 aliphatic rings. The van der Waals surface area contributed by atoms with Crippen molar-refractivity contribution in [3.8, 4) is 0 Å². The molecule has 0 aromatic rings. The third kappa shape index (κ3) is 21.1. The van der Waals surface area contributed by atoms with Gasteiger partial charge in [-0.25, -0.2) is 0 Å². The maximum absolute atomic E-state index is 10.7. The van der Waals surface area contributed by atoms with Crippen LogP contribution < -0.4 is 0 Å². The molecular formula is C22H40O. The molecule has 0 fully saturated rings. The molecule has 0 rings (SSSR count). The second kappa shape index (κ2) is 19.2. The average Bonchev–Trinajstić information content (AvgIpc) is 2.53. The second-order valence-electron chi connectivity index (χ2n) is 6.78. The Bertz CT molecular complexity index is 301. The second-order valence-corrected chi connectivity index (χ2v) is 6.78. The number of hydrogen-bond acceptors (Lipinski definition) is 1. The Morgan fingerprint density at radius 3 is 1.52 bits per heavy atom. The SMILES string of the molecule is CCCCCCCCCCCCCCCCC=CC=CC(C)=O. The summed E-state index contributed by atoms with van der Waals surface area (Å²) in [5.41, 5.74) is 0. The maximum atomic E-state index is 10.7. The Morgan fingerprint density at radius 1 is 0.652 bits per heavy atom. The molecule has 0 aliphatic carbocycles. The van der Waals surface area contributed by atoms with E-state index in [1.165, 1.54) is 89.9 Å². The largest absolute Gasteiger partial charge is 0.295 e. The summed E-state index contributed by atoms with van der Waals surface area (Å²) in [7, 11) is 0. The highest BCUT2D eigenvalue weighted by molar-refractivity contribution is 5.87. The van der Waals surface area contributed by atoms with Crippen molar-refractivity contribution in [3.63, 3.8) is 0 Å². The first kappa shape index (κ1) is 22.1. The molecule has 134 valence electrons. The first-order valence-corrected chi connectivity index (χ1v) is 10.1. The van der Waals surface area contributed by atoms with Gasteiger partial charge in [0.1, 0.15) is 0 Å². The van der Waals surface area contributed by atoms with E-state index in [1.54, 1.807) is 13.0 Å². The summed E-state index contributed by atoms with van der Waals surface area (Å²) in [6.45, 7) is 3.86. The molecule has 0 heterocycles. The van der Waals surface area contributed by atoms with Crippen molar-refractivity contribution in [2.24, 2.45) is 0 Å². The molecule has 0 bridgehead atoms. The van der Waals surface area contributed by atoms with E-state index in [2.05, 4.69) is 13.0 Å². The van der Waals surface area contributed by atoms with Gasteiger partial charge in [-0.1, -0.05) is 109 Å². The minimum absolute atomic E-state index is 0.117. The molecule has 0 aromatic carbocycles. The zero-order chi connectivity index (χ0) is 17.0. The van der Waals surface area contributed by atoms with E-state index in [4.69, 9.17) is 0 Å². The summed E-state index contributed by atoms with van der Waals surface area (Å²) in [5, 5.41) is 0. The molecule has 0 radical (unpaired) electrons. The van der Waals surface area contributed by atoms with Crippen molar-refractivity contribution < 1.29 is 4.79 Å². The molecule has 1 nitrogen and oxygen atoms in total. The topological polar surface area (TPSA) is 17.1 Å². The van der Waals surface area contributed by atoms with Crippen molar-refractivity contribution in [2.75, 3.05) is 0 Å². The summed E-state index contributed by atoms with van der Waals surface area (Å²) in [6, 6.07) is 0. The van der Waals surface area contributed by atoms with Gasteiger partial charge in [-0.3, -0.25) is 4.79 Å². The minimum atomic E-state index is 0.117. The number of carbonyl (C=O) groups is 1. The molecule has 0 saturated carbocycles. The maximum Gasteiger partial charge on any atom is 0.152 e. The van der Waals surface area contributed by atoms with Crippen LogP contribution in [0.25, 0.3) is 0 Å². The van der Waals surface area contributed by atoms with E-state index >= 15 is 0 Å². The van der Waals surface area contributed by atoms with Gasteiger partial charge in [0.15, 0.2) is 5.78 Å². The summed E-state index contributed by atoms with van der Waals surface area (Å²) < 4.78 is 0. The molecule has 0 atom stereocenters. The number of rotatable bonds is 17. The minimum Gasteiger partial charge on any atom is -0.295 e. The monoisotopic (exact) mass is 320 g/mol. The van der Waals surface area contributed by atoms with Crippen LogP contribution in [0.15, 0.2) is 24.3 Å². The molecule has 0 unspecified atom stereocenters. The number of allylic oxidation sites excluding steroid dienone is 4. The van der Waals surface area contributed by atoms with E-state index in [1.807, 2.05) is 12.2 Å². The fraction of sp³-hybridized carbons (Fsp3) is 0.773. The number of carbonyl (C=O) groups excluding carboxylic acids is 1. The van der Waals surface area contributed by atoms with Gasteiger partial charge in [0, 0.05) is 0 Å². The molecule has 1 heteroatoms. The van der Waals surface area contributed by atoms with E-state index in [0.717, 1.165) is 6.42 Å². The lowest BCUT2D eigenvalue weighted by Crippen LogP contribution is -1.83. The summed E-state index contributed by atoms with van der Waals surface area (Å²) in [6.07, 6.45) is 28.5. The van der Waals surface area contributed by atoms with Crippen LogP contribution >= 0.6 is 0 Å². The zero-order valence-corrected chi connectivity index (χ0v) is 15.8. The number of unbranched alkanes of at least 4 members (excludes halogenated alkanes) is 14. The van der Waals surface area contributed by atoms with Crippen LogP contribution in [0.2, 0.25) is 0 Å². The van der Waals surface area contributed by atoms with E-state index in [9.17, 15) is 4.79 Å². The molecule has 0 aliphatic heterocycles. The Labute approximate surface area is 145 Å². The summed E-state index contributed by atoms with van der Waals surface area (Å²) in [4.78, 5) is 10.7. The van der Waals surface area contributed by atoms with Crippen molar-refractivity contribution in [1.82, 2.24) is 0 Å². The highest BCUT2D eigenvalue weighted by Crippen LogP contribution is 2.13. The highest BCUT2D eigenvalue weighted by Gasteiger charge is 1.93. The predicted molar refractivity (Wildman–Crippen MR) is 104 cm³/mol. The van der Waals surface area contributed by atoms with Crippen LogP contribution in [0.4, 0.5) is 0 Å². The van der Waals surface area contributed by atoms with Gasteiger partial charge in [-0.2, -0.15) is 0 Å². The molecule has 0 N–H and O–H groups in total. The predicted octanol–water partition coefficient (Wildman–Crippen LogP) is 7.56. The Morgan fingerprint density at radius 2 is 1.09 bits per heavy atom. The zero-order valence-electron chi connectivity index (χ0n) is 15.8. The van der Waals surface area contributed by atoms with E-state index < -0.39 is 0 Å². The summed E-state index contributed by atoms with van der Waals surface area (Å²) in [5.74, 6) is 0.117. The standard InChI is InChI=1S/C22H40O/c1-3-4-5-6-7-8-9-10-11-12-13-14-15-16-17-18-19-20-21-22(2)23/h18-21H,3-17H2,1-2H3. The lowest BCUT2D eigenvalue weighted by atomic mass is 10.0. The van der Waals surface area contributed by atoms with Crippen molar-refractivity contribution in [3.05, 3.63) is 24.3 Å². The van der Waals surface area contributed by atoms with E-state index in [0.29, 0.717) is 0 Å². The molecule has 0 aromatic heterocycles. The van der Waals surface area contributed by atoms with Gasteiger partial charge in [0.25, 0.3) is 0 Å². The van der Waals surface area contributed by atoms with Crippen LogP contribution in [0.3, 0.4) is 0 Å². The molecule has 0 saturated heterocycles. The lowest BCUT2D eigenvalue weighted by Gasteiger charge is -2.02. The molecule has 0 spiro atoms. The van der Waals surface area contributed by atoms with Gasteiger partial charge >= 0.3 is 0 Å².